The quantitative estimate of drug-likeness (QED) is 0.641. The molecule has 1 aromatic rings. The fraction of sp³-hybridized carbons (Fsp3) is 0.375. The number of carboxylic acids is 1. The summed E-state index contributed by atoms with van der Waals surface area (Å²) in [4.78, 5) is 18.1. The maximum absolute atomic E-state index is 10.6. The first-order valence-corrected chi connectivity index (χ1v) is 4.29. The Morgan fingerprint density at radius 2 is 2.29 bits per heavy atom. The van der Waals surface area contributed by atoms with Crippen LogP contribution >= 0.6 is 0 Å². The van der Waals surface area contributed by atoms with Gasteiger partial charge in [-0.1, -0.05) is 0 Å². The number of carbonyl (C=O) groups is 1. The lowest BCUT2D eigenvalue weighted by Crippen LogP contribution is -2.10. The molecule has 1 saturated carbocycles. The first kappa shape index (κ1) is 8.74. The molecular weight excluding hydrogens is 184 g/mol. The van der Waals surface area contributed by atoms with Gasteiger partial charge in [-0.3, -0.25) is 0 Å². The van der Waals surface area contributed by atoms with Gasteiger partial charge in [0.15, 0.2) is 5.69 Å². The maximum Gasteiger partial charge on any atom is 0.354 e. The van der Waals surface area contributed by atoms with Crippen LogP contribution in [0.5, 0.6) is 0 Å². The highest BCUT2D eigenvalue weighted by Crippen LogP contribution is 2.24. The van der Waals surface area contributed by atoms with Crippen molar-refractivity contribution in [2.45, 2.75) is 18.9 Å². The second kappa shape index (κ2) is 3.13. The molecule has 0 radical (unpaired) electrons. The number of carboxylic acid groups (broad SMARTS) is 1. The van der Waals surface area contributed by atoms with Crippen molar-refractivity contribution >= 4 is 17.7 Å². The summed E-state index contributed by atoms with van der Waals surface area (Å²) in [7, 11) is 0. The molecule has 0 saturated heterocycles. The number of hydrogen-bond donors (Lipinski definition) is 3. The van der Waals surface area contributed by atoms with Crippen LogP contribution in [0.2, 0.25) is 0 Å². The Morgan fingerprint density at radius 3 is 2.86 bits per heavy atom. The Labute approximate surface area is 80.2 Å². The molecule has 1 aliphatic rings. The predicted molar refractivity (Wildman–Crippen MR) is 50.0 cm³/mol. The Morgan fingerprint density at radius 1 is 1.57 bits per heavy atom. The summed E-state index contributed by atoms with van der Waals surface area (Å²) in [5, 5.41) is 11.8. The van der Waals surface area contributed by atoms with Crippen LogP contribution in [0.3, 0.4) is 0 Å². The van der Waals surface area contributed by atoms with Crippen LogP contribution in [-0.2, 0) is 0 Å². The highest BCUT2D eigenvalue weighted by Gasteiger charge is 2.22. The van der Waals surface area contributed by atoms with Crippen LogP contribution in [0.25, 0.3) is 0 Å². The molecule has 1 fully saturated rings. The molecule has 2 rings (SSSR count). The summed E-state index contributed by atoms with van der Waals surface area (Å²) in [5.74, 6) is -0.636. The molecule has 0 aliphatic heterocycles. The van der Waals surface area contributed by atoms with Gasteiger partial charge in [-0.2, -0.15) is 4.98 Å². The number of nitrogens with zero attached hydrogens (tertiary/aromatic N) is 2. The van der Waals surface area contributed by atoms with E-state index in [4.69, 9.17) is 10.8 Å². The Hall–Kier alpha value is -1.85. The zero-order valence-corrected chi connectivity index (χ0v) is 7.40. The number of rotatable bonds is 3. The van der Waals surface area contributed by atoms with Crippen molar-refractivity contribution in [1.29, 1.82) is 0 Å². The molecule has 0 amide bonds. The third-order valence-corrected chi connectivity index (χ3v) is 1.89. The van der Waals surface area contributed by atoms with E-state index in [1.165, 1.54) is 6.07 Å². The van der Waals surface area contributed by atoms with Crippen molar-refractivity contribution < 1.29 is 9.90 Å². The molecule has 0 aromatic carbocycles. The summed E-state index contributed by atoms with van der Waals surface area (Å²) in [5.41, 5.74) is 5.29. The molecule has 0 atom stereocenters. The number of nitrogens with two attached hydrogens (primary N) is 1. The topological polar surface area (TPSA) is 101 Å². The monoisotopic (exact) mass is 194 g/mol. The van der Waals surface area contributed by atoms with Crippen LogP contribution in [-0.4, -0.2) is 27.1 Å². The van der Waals surface area contributed by atoms with E-state index >= 15 is 0 Å². The Balaban J connectivity index is 2.25. The summed E-state index contributed by atoms with van der Waals surface area (Å²) < 4.78 is 0. The number of nitrogens with one attached hydrogen (secondary N) is 1. The molecule has 6 nitrogen and oxygen atoms in total. The zero-order valence-electron chi connectivity index (χ0n) is 7.40. The third kappa shape index (κ3) is 1.90. The predicted octanol–water partition coefficient (Wildman–Crippen LogP) is 0.331. The number of aromatic carboxylic acids is 1. The van der Waals surface area contributed by atoms with Gasteiger partial charge in [-0.15, -0.1) is 0 Å². The summed E-state index contributed by atoms with van der Waals surface area (Å²) in [6.07, 6.45) is 2.18. The summed E-state index contributed by atoms with van der Waals surface area (Å²) in [6, 6.07) is 1.79. The minimum Gasteiger partial charge on any atom is -0.477 e. The van der Waals surface area contributed by atoms with Gasteiger partial charge < -0.3 is 16.2 Å². The molecule has 14 heavy (non-hydrogen) atoms. The van der Waals surface area contributed by atoms with Gasteiger partial charge in [0, 0.05) is 12.1 Å². The lowest BCUT2D eigenvalue weighted by Gasteiger charge is -2.04. The van der Waals surface area contributed by atoms with E-state index in [2.05, 4.69) is 15.3 Å². The Bertz CT molecular complexity index is 376. The maximum atomic E-state index is 10.6. The van der Waals surface area contributed by atoms with Crippen LogP contribution in [0.15, 0.2) is 6.07 Å². The van der Waals surface area contributed by atoms with Crippen molar-refractivity contribution in [2.24, 2.45) is 0 Å². The average Bonchev–Trinajstić information content (AvgIpc) is 2.87. The SMILES string of the molecule is Nc1nc(NC2CC2)cc(C(=O)O)n1. The highest BCUT2D eigenvalue weighted by atomic mass is 16.4. The molecule has 74 valence electrons. The highest BCUT2D eigenvalue weighted by molar-refractivity contribution is 5.86. The molecule has 1 heterocycles. The minimum absolute atomic E-state index is 0.0203. The van der Waals surface area contributed by atoms with E-state index in [0.29, 0.717) is 11.9 Å². The number of hydrogen-bond acceptors (Lipinski definition) is 5. The van der Waals surface area contributed by atoms with Crippen LogP contribution < -0.4 is 11.1 Å². The van der Waals surface area contributed by atoms with E-state index < -0.39 is 5.97 Å². The lowest BCUT2D eigenvalue weighted by molar-refractivity contribution is 0.0690. The average molecular weight is 194 g/mol. The fourth-order valence-electron chi connectivity index (χ4n) is 1.09. The van der Waals surface area contributed by atoms with Gasteiger partial charge in [-0.25, -0.2) is 9.78 Å². The van der Waals surface area contributed by atoms with Crippen molar-refractivity contribution in [3.63, 3.8) is 0 Å². The van der Waals surface area contributed by atoms with E-state index in [1.54, 1.807) is 0 Å². The normalized spacial score (nSPS) is 15.1. The molecule has 1 aromatic heterocycles. The minimum atomic E-state index is -1.10. The van der Waals surface area contributed by atoms with Gasteiger partial charge in [0.1, 0.15) is 5.82 Å². The van der Waals surface area contributed by atoms with Crippen LogP contribution in [0, 0.1) is 0 Å². The molecule has 1 aliphatic carbocycles. The van der Waals surface area contributed by atoms with Crippen LogP contribution in [0.4, 0.5) is 11.8 Å². The first-order valence-electron chi connectivity index (χ1n) is 4.29. The van der Waals surface area contributed by atoms with Crippen LogP contribution in [0.1, 0.15) is 23.3 Å². The standard InChI is InChI=1S/C8H10N4O2/c9-8-11-5(7(13)14)3-6(12-8)10-4-1-2-4/h3-4H,1-2H2,(H,13,14)(H3,9,10,11,12). The van der Waals surface area contributed by atoms with E-state index in [0.717, 1.165) is 12.8 Å². The number of aromatic nitrogens is 2. The summed E-state index contributed by atoms with van der Waals surface area (Å²) >= 11 is 0. The van der Waals surface area contributed by atoms with Gasteiger partial charge in [0.05, 0.1) is 0 Å². The van der Waals surface area contributed by atoms with E-state index in [9.17, 15) is 4.79 Å². The van der Waals surface area contributed by atoms with Gasteiger partial charge in [0.25, 0.3) is 0 Å². The fourth-order valence-corrected chi connectivity index (χ4v) is 1.09. The largest absolute Gasteiger partial charge is 0.477 e. The lowest BCUT2D eigenvalue weighted by atomic mass is 10.4. The molecule has 4 N–H and O–H groups in total. The van der Waals surface area contributed by atoms with Gasteiger partial charge in [0.2, 0.25) is 5.95 Å². The third-order valence-electron chi connectivity index (χ3n) is 1.89. The molecule has 0 unspecified atom stereocenters. The molecule has 0 spiro atoms. The molecular formula is C8H10N4O2. The van der Waals surface area contributed by atoms with Gasteiger partial charge >= 0.3 is 5.97 Å². The Kier molecular flexibility index (Phi) is 1.95. The van der Waals surface area contributed by atoms with Crippen molar-refractivity contribution in [1.82, 2.24) is 9.97 Å². The zero-order chi connectivity index (χ0) is 10.1. The summed E-state index contributed by atoms with van der Waals surface area (Å²) in [6.45, 7) is 0. The van der Waals surface area contributed by atoms with Crippen molar-refractivity contribution in [3.8, 4) is 0 Å². The second-order valence-electron chi connectivity index (χ2n) is 3.22. The molecule has 0 bridgehead atoms. The number of nitrogen functional groups attached to an aromatic ring is 1. The van der Waals surface area contributed by atoms with E-state index in [-0.39, 0.29) is 11.6 Å². The number of anilines is 2. The van der Waals surface area contributed by atoms with E-state index in [1.807, 2.05) is 0 Å². The smallest absolute Gasteiger partial charge is 0.354 e. The van der Waals surface area contributed by atoms with Crippen molar-refractivity contribution in [3.05, 3.63) is 11.8 Å². The van der Waals surface area contributed by atoms with Crippen molar-refractivity contribution in [2.75, 3.05) is 11.1 Å². The first-order chi connectivity index (χ1) is 6.65. The second-order valence-corrected chi connectivity index (χ2v) is 3.22. The molecule has 6 heteroatoms. The van der Waals surface area contributed by atoms with Gasteiger partial charge in [-0.05, 0) is 12.8 Å².